The number of anilines is 1. The molecule has 0 bridgehead atoms. The van der Waals surface area contributed by atoms with Crippen LogP contribution in [0.1, 0.15) is 15.5 Å². The zero-order chi connectivity index (χ0) is 19.5. The van der Waals surface area contributed by atoms with Crippen LogP contribution in [0, 0.1) is 6.92 Å². The van der Waals surface area contributed by atoms with E-state index in [9.17, 15) is 4.79 Å². The van der Waals surface area contributed by atoms with Crippen LogP contribution < -0.4 is 10.1 Å². The molecule has 0 spiro atoms. The van der Waals surface area contributed by atoms with Crippen LogP contribution in [-0.2, 0) is 0 Å². The Morgan fingerprint density at radius 2 is 2.04 bits per heavy atom. The molecule has 0 aliphatic heterocycles. The molecular weight excluding hydrogens is 442 g/mol. The number of imidazole rings is 1. The molecule has 1 N–H and O–H groups in total. The molecule has 0 unspecified atom stereocenters. The fourth-order valence-corrected chi connectivity index (χ4v) is 3.78. The molecule has 0 fully saturated rings. The smallest absolute Gasteiger partial charge is 0.265 e. The van der Waals surface area contributed by atoms with Gasteiger partial charge in [0.25, 0.3) is 5.91 Å². The fourth-order valence-electron chi connectivity index (χ4n) is 2.46. The summed E-state index contributed by atoms with van der Waals surface area (Å²) in [4.78, 5) is 25.6. The van der Waals surface area contributed by atoms with Gasteiger partial charge in [0.1, 0.15) is 23.7 Å². The van der Waals surface area contributed by atoms with Gasteiger partial charge < -0.3 is 10.1 Å². The molecule has 9 heteroatoms. The largest absolute Gasteiger partial charge is 0.439 e. The lowest BCUT2D eigenvalue weighted by Gasteiger charge is -2.09. The van der Waals surface area contributed by atoms with Crippen molar-refractivity contribution in [2.75, 3.05) is 5.32 Å². The summed E-state index contributed by atoms with van der Waals surface area (Å²) in [6.45, 7) is 1.80. The van der Waals surface area contributed by atoms with E-state index in [0.29, 0.717) is 33.8 Å². The Morgan fingerprint density at radius 3 is 2.71 bits per heavy atom. The number of carbonyl (C=O) groups excluding carboxylic acids is 1. The first kappa shape index (κ1) is 18.3. The summed E-state index contributed by atoms with van der Waals surface area (Å²) in [5.74, 6) is 2.14. The molecule has 0 aliphatic carbocycles. The molecule has 0 aliphatic rings. The Labute approximate surface area is 173 Å². The van der Waals surface area contributed by atoms with Crippen LogP contribution >= 0.6 is 27.3 Å². The first-order valence-electron chi connectivity index (χ1n) is 8.24. The summed E-state index contributed by atoms with van der Waals surface area (Å²) >= 11 is 4.73. The lowest BCUT2D eigenvalue weighted by Crippen LogP contribution is -2.09. The number of benzene rings is 1. The quantitative estimate of drug-likeness (QED) is 0.465. The highest BCUT2D eigenvalue weighted by Gasteiger charge is 2.10. The number of aromatic nitrogens is 4. The number of halogens is 1. The molecular formula is C19H14BrN5O2S. The van der Waals surface area contributed by atoms with Gasteiger partial charge in [0.2, 0.25) is 5.88 Å². The molecule has 1 amide bonds. The molecule has 3 heterocycles. The zero-order valence-corrected chi connectivity index (χ0v) is 17.1. The number of nitrogens with zero attached hydrogens (tertiary/aromatic N) is 4. The van der Waals surface area contributed by atoms with Crippen LogP contribution in [0.25, 0.3) is 5.82 Å². The number of ether oxygens (including phenoxy) is 1. The number of rotatable bonds is 5. The van der Waals surface area contributed by atoms with E-state index in [0.717, 1.165) is 4.47 Å². The summed E-state index contributed by atoms with van der Waals surface area (Å²) in [5, 5.41) is 4.73. The van der Waals surface area contributed by atoms with E-state index in [-0.39, 0.29) is 5.91 Å². The van der Waals surface area contributed by atoms with E-state index < -0.39 is 0 Å². The van der Waals surface area contributed by atoms with Crippen molar-refractivity contribution in [3.05, 3.63) is 75.7 Å². The molecule has 0 atom stereocenters. The molecule has 7 nitrogen and oxygen atoms in total. The minimum Gasteiger partial charge on any atom is -0.439 e. The maximum Gasteiger partial charge on any atom is 0.265 e. The van der Waals surface area contributed by atoms with Gasteiger partial charge in [-0.2, -0.15) is 4.98 Å². The monoisotopic (exact) mass is 455 g/mol. The van der Waals surface area contributed by atoms with E-state index >= 15 is 0 Å². The predicted molar refractivity (Wildman–Crippen MR) is 110 cm³/mol. The first-order chi connectivity index (χ1) is 13.6. The summed E-state index contributed by atoms with van der Waals surface area (Å²) in [6.07, 6.45) is 5.14. The molecule has 140 valence electrons. The molecule has 28 heavy (non-hydrogen) atoms. The van der Waals surface area contributed by atoms with Crippen molar-refractivity contribution >= 4 is 38.9 Å². The van der Waals surface area contributed by atoms with E-state index in [1.807, 2.05) is 5.38 Å². The van der Waals surface area contributed by atoms with E-state index in [1.54, 1.807) is 66.6 Å². The lowest BCUT2D eigenvalue weighted by atomic mass is 10.3. The molecule has 4 rings (SSSR count). The van der Waals surface area contributed by atoms with E-state index in [1.165, 1.54) is 11.3 Å². The summed E-state index contributed by atoms with van der Waals surface area (Å²) in [6, 6.07) is 10.6. The van der Waals surface area contributed by atoms with Gasteiger partial charge in [-0.1, -0.05) is 0 Å². The Balaban J connectivity index is 1.47. The Hall–Kier alpha value is -3.04. The van der Waals surface area contributed by atoms with Crippen molar-refractivity contribution in [3.8, 4) is 17.4 Å². The van der Waals surface area contributed by atoms with E-state index in [2.05, 4.69) is 36.2 Å². The minimum absolute atomic E-state index is 0.152. The fraction of sp³-hybridized carbons (Fsp3) is 0.0526. The molecule has 0 saturated carbocycles. The topological polar surface area (TPSA) is 81.9 Å². The molecule has 1 aromatic carbocycles. The lowest BCUT2D eigenvalue weighted by molar-refractivity contribution is 0.103. The number of hydrogen-bond acceptors (Lipinski definition) is 6. The van der Waals surface area contributed by atoms with Crippen LogP contribution in [0.3, 0.4) is 0 Å². The molecule has 0 saturated heterocycles. The van der Waals surface area contributed by atoms with Gasteiger partial charge in [0.15, 0.2) is 0 Å². The third-order valence-electron chi connectivity index (χ3n) is 3.70. The number of hydrogen-bond donors (Lipinski definition) is 1. The van der Waals surface area contributed by atoms with Crippen molar-refractivity contribution in [3.63, 3.8) is 0 Å². The second-order valence-corrected chi connectivity index (χ2v) is 7.62. The molecule has 3 aromatic heterocycles. The van der Waals surface area contributed by atoms with Crippen LogP contribution in [0.5, 0.6) is 11.6 Å². The third-order valence-corrected chi connectivity index (χ3v) is 5.39. The van der Waals surface area contributed by atoms with Gasteiger partial charge in [-0.25, -0.2) is 9.97 Å². The number of nitrogens with one attached hydrogen (secondary N) is 1. The normalized spacial score (nSPS) is 10.6. The number of aryl methyl sites for hydroxylation is 1. The predicted octanol–water partition coefficient (Wildman–Crippen LogP) is 4.84. The van der Waals surface area contributed by atoms with Crippen LogP contribution in [0.2, 0.25) is 0 Å². The van der Waals surface area contributed by atoms with Crippen molar-refractivity contribution in [1.29, 1.82) is 0 Å². The Morgan fingerprint density at radius 1 is 1.21 bits per heavy atom. The van der Waals surface area contributed by atoms with Crippen LogP contribution in [0.4, 0.5) is 5.69 Å². The number of amides is 1. The van der Waals surface area contributed by atoms with Crippen molar-refractivity contribution < 1.29 is 9.53 Å². The number of carbonyl (C=O) groups is 1. The Bertz CT molecular complexity index is 1110. The molecule has 4 aromatic rings. The van der Waals surface area contributed by atoms with Crippen LogP contribution in [0.15, 0.2) is 65.0 Å². The summed E-state index contributed by atoms with van der Waals surface area (Å²) in [5.41, 5.74) is 0.680. The molecule has 0 radical (unpaired) electrons. The van der Waals surface area contributed by atoms with Gasteiger partial charge >= 0.3 is 0 Å². The second-order valence-electron chi connectivity index (χ2n) is 5.79. The highest BCUT2D eigenvalue weighted by atomic mass is 79.9. The van der Waals surface area contributed by atoms with Gasteiger partial charge in [0, 0.05) is 34.0 Å². The van der Waals surface area contributed by atoms with Crippen LogP contribution in [-0.4, -0.2) is 25.4 Å². The summed E-state index contributed by atoms with van der Waals surface area (Å²) in [7, 11) is 0. The van der Waals surface area contributed by atoms with Crippen molar-refractivity contribution in [2.45, 2.75) is 6.92 Å². The highest BCUT2D eigenvalue weighted by molar-refractivity contribution is 9.10. The standard InChI is InChI=1S/C19H14BrN5O2S/c1-12-22-17(25-7-6-21-11-25)9-18(23-12)27-15-4-2-14(3-5-15)24-19(26)16-8-13(20)10-28-16/h2-11H,1H3,(H,24,26). The minimum atomic E-state index is -0.152. The van der Waals surface area contributed by atoms with Gasteiger partial charge in [-0.15, -0.1) is 11.3 Å². The second kappa shape index (κ2) is 7.91. The Kier molecular flexibility index (Phi) is 5.18. The number of thiophene rings is 1. The van der Waals surface area contributed by atoms with Gasteiger partial charge in [0.05, 0.1) is 4.88 Å². The van der Waals surface area contributed by atoms with Crippen molar-refractivity contribution in [1.82, 2.24) is 19.5 Å². The SMILES string of the molecule is Cc1nc(Oc2ccc(NC(=O)c3cc(Br)cs3)cc2)cc(-n2ccnc2)n1. The summed E-state index contributed by atoms with van der Waals surface area (Å²) < 4.78 is 8.52. The maximum atomic E-state index is 12.2. The first-order valence-corrected chi connectivity index (χ1v) is 9.91. The average molecular weight is 456 g/mol. The zero-order valence-electron chi connectivity index (χ0n) is 14.7. The maximum absolute atomic E-state index is 12.2. The van der Waals surface area contributed by atoms with Crippen molar-refractivity contribution in [2.24, 2.45) is 0 Å². The third kappa shape index (κ3) is 4.26. The van der Waals surface area contributed by atoms with Gasteiger partial charge in [-0.05, 0) is 53.2 Å². The highest BCUT2D eigenvalue weighted by Crippen LogP contribution is 2.24. The average Bonchev–Trinajstić information content (AvgIpc) is 3.35. The van der Waals surface area contributed by atoms with Gasteiger partial charge in [-0.3, -0.25) is 9.36 Å². The van der Waals surface area contributed by atoms with E-state index in [4.69, 9.17) is 4.74 Å².